The van der Waals surface area contributed by atoms with E-state index in [9.17, 15) is 4.79 Å². The molecule has 1 unspecified atom stereocenters. The zero-order valence-electron chi connectivity index (χ0n) is 15.9. The molecule has 2 heterocycles. The van der Waals surface area contributed by atoms with Crippen molar-refractivity contribution in [2.45, 2.75) is 12.6 Å². The lowest BCUT2D eigenvalue weighted by molar-refractivity contribution is -0.126. The second kappa shape index (κ2) is 7.40. The number of ether oxygens (including phenoxy) is 3. The molecular weight excluding hydrogens is 362 g/mol. The molecule has 0 fully saturated rings. The summed E-state index contributed by atoms with van der Waals surface area (Å²) in [6, 6.07) is 10.4. The fourth-order valence-corrected chi connectivity index (χ4v) is 3.18. The molecule has 0 saturated heterocycles. The van der Waals surface area contributed by atoms with Gasteiger partial charge in [0.15, 0.2) is 17.1 Å². The van der Waals surface area contributed by atoms with Crippen molar-refractivity contribution in [3.8, 4) is 17.2 Å². The number of fused-ring (bicyclic) bond motifs is 2. The zero-order valence-corrected chi connectivity index (χ0v) is 15.9. The van der Waals surface area contributed by atoms with Crippen molar-refractivity contribution in [2.24, 2.45) is 0 Å². The fourth-order valence-electron chi connectivity index (χ4n) is 3.18. The highest BCUT2D eigenvalue weighted by molar-refractivity contribution is 5.83. The van der Waals surface area contributed by atoms with Crippen LogP contribution in [-0.2, 0) is 11.3 Å². The van der Waals surface area contributed by atoms with E-state index in [1.54, 1.807) is 25.3 Å². The maximum absolute atomic E-state index is 12.9. The maximum atomic E-state index is 12.9. The van der Waals surface area contributed by atoms with Crippen molar-refractivity contribution in [2.75, 3.05) is 28.0 Å². The highest BCUT2D eigenvalue weighted by atomic mass is 16.7. The molecule has 1 aromatic heterocycles. The number of carbonyl (C=O) groups excluding carboxylic acids is 1. The second-order valence-corrected chi connectivity index (χ2v) is 6.64. The second-order valence-electron chi connectivity index (χ2n) is 6.64. The van der Waals surface area contributed by atoms with E-state index in [0.717, 1.165) is 5.56 Å². The molecule has 8 nitrogen and oxygen atoms in total. The monoisotopic (exact) mass is 383 g/mol. The van der Waals surface area contributed by atoms with Crippen molar-refractivity contribution in [3.63, 3.8) is 0 Å². The highest BCUT2D eigenvalue weighted by Crippen LogP contribution is 2.35. The van der Waals surface area contributed by atoms with Crippen LogP contribution in [0.15, 0.2) is 40.8 Å². The van der Waals surface area contributed by atoms with Crippen molar-refractivity contribution in [1.82, 2.24) is 15.2 Å². The summed E-state index contributed by atoms with van der Waals surface area (Å²) in [5.41, 5.74) is 2.14. The normalized spacial score (nSPS) is 13.7. The number of hydrogen-bond donors (Lipinski definition) is 1. The lowest BCUT2D eigenvalue weighted by Crippen LogP contribution is -2.36. The number of aromatic nitrogens is 1. The number of likely N-dealkylation sites (N-methyl/N-ethyl adjacent to an activating group) is 1. The van der Waals surface area contributed by atoms with Gasteiger partial charge in [-0.1, -0.05) is 6.07 Å². The minimum atomic E-state index is -0.487. The first kappa shape index (κ1) is 18.1. The Bertz CT molecular complexity index is 1010. The number of oxazole rings is 1. The van der Waals surface area contributed by atoms with Crippen LogP contribution in [0.2, 0.25) is 0 Å². The summed E-state index contributed by atoms with van der Waals surface area (Å²) in [7, 11) is 5.29. The molecule has 146 valence electrons. The van der Waals surface area contributed by atoms with Gasteiger partial charge in [-0.15, -0.1) is 0 Å². The number of carbonyl (C=O) groups is 1. The van der Waals surface area contributed by atoms with Crippen molar-refractivity contribution >= 4 is 17.0 Å². The number of benzene rings is 2. The van der Waals surface area contributed by atoms with E-state index in [2.05, 4.69) is 10.3 Å². The van der Waals surface area contributed by atoms with E-state index in [0.29, 0.717) is 34.2 Å². The topological polar surface area (TPSA) is 86.1 Å². The molecule has 2 aromatic carbocycles. The third kappa shape index (κ3) is 3.46. The quantitative estimate of drug-likeness (QED) is 0.700. The van der Waals surface area contributed by atoms with Gasteiger partial charge in [0.05, 0.1) is 13.7 Å². The van der Waals surface area contributed by atoms with Crippen LogP contribution in [0.25, 0.3) is 11.1 Å². The average molecular weight is 383 g/mol. The van der Waals surface area contributed by atoms with Crippen LogP contribution in [0.4, 0.5) is 0 Å². The lowest BCUT2D eigenvalue weighted by Gasteiger charge is -2.23. The standard InChI is InChI=1S/C20H21N3O5/c1-23(2)19(12-4-6-16-17(8-12)27-11-26-16)20(24)21-10-18-22-14-9-13(25-3)5-7-15(14)28-18/h4-9,19H,10-11H2,1-3H3,(H,21,24). The van der Waals surface area contributed by atoms with E-state index in [4.69, 9.17) is 18.6 Å². The number of amides is 1. The first-order valence-electron chi connectivity index (χ1n) is 8.82. The first-order valence-corrected chi connectivity index (χ1v) is 8.82. The van der Waals surface area contributed by atoms with E-state index in [1.165, 1.54) is 0 Å². The van der Waals surface area contributed by atoms with Gasteiger partial charge in [0.25, 0.3) is 0 Å². The van der Waals surface area contributed by atoms with Gasteiger partial charge in [0, 0.05) is 6.07 Å². The van der Waals surface area contributed by atoms with Crippen LogP contribution in [0, 0.1) is 0 Å². The summed E-state index contributed by atoms with van der Waals surface area (Å²) < 4.78 is 21.6. The van der Waals surface area contributed by atoms with E-state index in [1.807, 2.05) is 37.2 Å². The third-order valence-corrected chi connectivity index (χ3v) is 4.53. The Morgan fingerprint density at radius 1 is 1.21 bits per heavy atom. The van der Waals surface area contributed by atoms with Gasteiger partial charge in [-0.2, -0.15) is 0 Å². The molecule has 0 saturated carbocycles. The summed E-state index contributed by atoms with van der Waals surface area (Å²) >= 11 is 0. The third-order valence-electron chi connectivity index (χ3n) is 4.53. The van der Waals surface area contributed by atoms with Crippen LogP contribution in [0.5, 0.6) is 17.2 Å². The number of rotatable bonds is 6. The Morgan fingerprint density at radius 3 is 2.82 bits per heavy atom. The van der Waals surface area contributed by atoms with Crippen molar-refractivity contribution < 1.29 is 23.4 Å². The molecule has 1 N–H and O–H groups in total. The summed E-state index contributed by atoms with van der Waals surface area (Å²) in [5.74, 6) is 2.30. The molecule has 1 aliphatic rings. The van der Waals surface area contributed by atoms with Crippen molar-refractivity contribution in [3.05, 3.63) is 47.9 Å². The minimum Gasteiger partial charge on any atom is -0.497 e. The van der Waals surface area contributed by atoms with E-state index in [-0.39, 0.29) is 19.2 Å². The molecule has 1 amide bonds. The smallest absolute Gasteiger partial charge is 0.242 e. The molecule has 4 rings (SSSR count). The SMILES string of the molecule is COc1ccc2oc(CNC(=O)C(c3ccc4c(c3)OCO4)N(C)C)nc2c1. The van der Waals surface area contributed by atoms with Gasteiger partial charge in [0.2, 0.25) is 18.6 Å². The summed E-state index contributed by atoms with van der Waals surface area (Å²) in [5, 5.41) is 2.90. The van der Waals surface area contributed by atoms with Crippen LogP contribution < -0.4 is 19.5 Å². The molecule has 0 spiro atoms. The van der Waals surface area contributed by atoms with Gasteiger partial charge >= 0.3 is 0 Å². The van der Waals surface area contributed by atoms with E-state index >= 15 is 0 Å². The van der Waals surface area contributed by atoms with Gasteiger partial charge in [0.1, 0.15) is 17.3 Å². The minimum absolute atomic E-state index is 0.163. The molecule has 3 aromatic rings. The summed E-state index contributed by atoms with van der Waals surface area (Å²) in [4.78, 5) is 19.1. The molecular formula is C20H21N3O5. The van der Waals surface area contributed by atoms with Gasteiger partial charge < -0.3 is 23.9 Å². The molecule has 8 heteroatoms. The van der Waals surface area contributed by atoms with Crippen LogP contribution in [0.3, 0.4) is 0 Å². The van der Waals surface area contributed by atoms with Crippen molar-refractivity contribution in [1.29, 1.82) is 0 Å². The largest absolute Gasteiger partial charge is 0.497 e. The molecule has 0 radical (unpaired) electrons. The maximum Gasteiger partial charge on any atom is 0.242 e. The summed E-state index contributed by atoms with van der Waals surface area (Å²) in [6.07, 6.45) is 0. The predicted octanol–water partition coefficient (Wildman–Crippen LogP) is 2.48. The Balaban J connectivity index is 1.49. The fraction of sp³-hybridized carbons (Fsp3) is 0.300. The van der Waals surface area contributed by atoms with Gasteiger partial charge in [-0.3, -0.25) is 9.69 Å². The average Bonchev–Trinajstić information content (AvgIpc) is 3.31. The summed E-state index contributed by atoms with van der Waals surface area (Å²) in [6.45, 7) is 0.380. The van der Waals surface area contributed by atoms with Crippen LogP contribution in [-0.4, -0.2) is 43.8 Å². The Labute approximate surface area is 162 Å². The molecule has 0 aliphatic carbocycles. The molecule has 28 heavy (non-hydrogen) atoms. The molecule has 1 atom stereocenters. The predicted molar refractivity (Wildman–Crippen MR) is 101 cm³/mol. The zero-order chi connectivity index (χ0) is 19.7. The van der Waals surface area contributed by atoms with Gasteiger partial charge in [-0.05, 0) is 43.9 Å². The Morgan fingerprint density at radius 2 is 2.04 bits per heavy atom. The molecule has 0 bridgehead atoms. The molecule has 1 aliphatic heterocycles. The lowest BCUT2D eigenvalue weighted by atomic mass is 10.0. The number of nitrogens with one attached hydrogen (secondary N) is 1. The first-order chi connectivity index (χ1) is 13.5. The van der Waals surface area contributed by atoms with Crippen LogP contribution >= 0.6 is 0 Å². The number of hydrogen-bond acceptors (Lipinski definition) is 7. The Kier molecular flexibility index (Phi) is 4.79. The Hall–Kier alpha value is -3.26. The van der Waals surface area contributed by atoms with E-state index < -0.39 is 6.04 Å². The highest BCUT2D eigenvalue weighted by Gasteiger charge is 2.25. The number of methoxy groups -OCH3 is 1. The number of nitrogens with zero attached hydrogens (tertiary/aromatic N) is 2. The van der Waals surface area contributed by atoms with Gasteiger partial charge in [-0.25, -0.2) is 4.98 Å². The van der Waals surface area contributed by atoms with Crippen LogP contribution in [0.1, 0.15) is 17.5 Å².